The molecule has 0 bridgehead atoms. The number of rotatable bonds is 5. The molecule has 3 atom stereocenters. The first kappa shape index (κ1) is 16.0. The first-order valence-electron chi connectivity index (χ1n) is 7.50. The van der Waals surface area contributed by atoms with Gasteiger partial charge in [0.05, 0.1) is 10.5 Å². The van der Waals surface area contributed by atoms with Crippen LogP contribution in [0, 0.1) is 0 Å². The van der Waals surface area contributed by atoms with Gasteiger partial charge in [0.2, 0.25) is 0 Å². The van der Waals surface area contributed by atoms with E-state index in [1.54, 1.807) is 0 Å². The predicted octanol–water partition coefficient (Wildman–Crippen LogP) is 2.90. The molecule has 0 saturated heterocycles. The van der Waals surface area contributed by atoms with Gasteiger partial charge in [0.1, 0.15) is 0 Å². The van der Waals surface area contributed by atoms with Crippen LogP contribution in [0.25, 0.3) is 0 Å². The van der Waals surface area contributed by atoms with Gasteiger partial charge in [-0.15, -0.1) is 0 Å². The van der Waals surface area contributed by atoms with Crippen molar-refractivity contribution in [1.82, 2.24) is 5.32 Å². The summed E-state index contributed by atoms with van der Waals surface area (Å²) >= 11 is 0. The van der Waals surface area contributed by atoms with E-state index in [0.717, 1.165) is 38.6 Å². The molecule has 0 amide bonds. The van der Waals surface area contributed by atoms with E-state index in [0.29, 0.717) is 0 Å². The summed E-state index contributed by atoms with van der Waals surface area (Å²) in [5.74, 6) is 0. The molecule has 3 nitrogen and oxygen atoms in total. The van der Waals surface area contributed by atoms with Crippen molar-refractivity contribution in [2.45, 2.75) is 82.3 Å². The van der Waals surface area contributed by atoms with E-state index in [1.165, 1.54) is 12.8 Å². The van der Waals surface area contributed by atoms with E-state index in [9.17, 15) is 8.42 Å². The van der Waals surface area contributed by atoms with Gasteiger partial charge in [-0.25, -0.2) is 8.42 Å². The zero-order chi connectivity index (χ0) is 13.6. The molecular weight excluding hydrogens is 246 g/mol. The van der Waals surface area contributed by atoms with Gasteiger partial charge in [-0.2, -0.15) is 0 Å². The summed E-state index contributed by atoms with van der Waals surface area (Å²) in [5.41, 5.74) is 0. The lowest BCUT2D eigenvalue weighted by atomic mass is 9.96. The molecule has 1 fully saturated rings. The third kappa shape index (κ3) is 3.95. The first-order valence-corrected chi connectivity index (χ1v) is 9.11. The monoisotopic (exact) mass is 275 g/mol. The Bertz CT molecular complexity index is 327. The van der Waals surface area contributed by atoms with Gasteiger partial charge in [-0.1, -0.05) is 39.5 Å². The molecule has 18 heavy (non-hydrogen) atoms. The summed E-state index contributed by atoms with van der Waals surface area (Å²) < 4.78 is 25.3. The van der Waals surface area contributed by atoms with Gasteiger partial charge < -0.3 is 5.32 Å². The molecule has 0 aromatic heterocycles. The second-order valence-electron chi connectivity index (χ2n) is 5.50. The summed E-state index contributed by atoms with van der Waals surface area (Å²) in [6.45, 7) is 6.74. The molecular formula is C14H29NO2S. The van der Waals surface area contributed by atoms with E-state index in [4.69, 9.17) is 0 Å². The topological polar surface area (TPSA) is 46.2 Å². The highest BCUT2D eigenvalue weighted by Gasteiger charge is 2.35. The van der Waals surface area contributed by atoms with Gasteiger partial charge in [0.15, 0.2) is 9.84 Å². The van der Waals surface area contributed by atoms with Crippen LogP contribution in [0.15, 0.2) is 0 Å². The summed E-state index contributed by atoms with van der Waals surface area (Å²) in [6.07, 6.45) is 7.21. The minimum absolute atomic E-state index is 0.161. The number of sulfone groups is 1. The van der Waals surface area contributed by atoms with Crippen molar-refractivity contribution in [2.24, 2.45) is 0 Å². The fourth-order valence-corrected chi connectivity index (χ4v) is 5.12. The summed E-state index contributed by atoms with van der Waals surface area (Å²) in [5, 5.41) is 3.03. The minimum Gasteiger partial charge on any atom is -0.313 e. The minimum atomic E-state index is -2.99. The Hall–Kier alpha value is -0.0900. The molecule has 1 rings (SSSR count). The van der Waals surface area contributed by atoms with Crippen LogP contribution in [0.3, 0.4) is 0 Å². The summed E-state index contributed by atoms with van der Waals surface area (Å²) in [7, 11) is -2.99. The Labute approximate surface area is 113 Å². The highest BCUT2D eigenvalue weighted by atomic mass is 32.2. The molecule has 108 valence electrons. The molecule has 0 aliphatic heterocycles. The second-order valence-corrected chi connectivity index (χ2v) is 8.09. The van der Waals surface area contributed by atoms with Crippen molar-refractivity contribution >= 4 is 9.84 Å². The molecule has 4 heteroatoms. The Morgan fingerprint density at radius 2 is 1.72 bits per heavy atom. The highest BCUT2D eigenvalue weighted by molar-refractivity contribution is 7.92. The third-order valence-electron chi connectivity index (χ3n) is 4.23. The molecule has 1 saturated carbocycles. The van der Waals surface area contributed by atoms with Crippen molar-refractivity contribution in [3.63, 3.8) is 0 Å². The number of hydrogen-bond acceptors (Lipinski definition) is 3. The van der Waals surface area contributed by atoms with Crippen molar-refractivity contribution in [1.29, 1.82) is 0 Å². The Morgan fingerprint density at radius 1 is 1.11 bits per heavy atom. The van der Waals surface area contributed by atoms with Crippen LogP contribution in [-0.2, 0) is 9.84 Å². The molecule has 1 aliphatic carbocycles. The molecule has 0 heterocycles. The maximum atomic E-state index is 12.6. The predicted molar refractivity (Wildman–Crippen MR) is 77.6 cm³/mol. The lowest BCUT2D eigenvalue weighted by Gasteiger charge is -2.31. The lowest BCUT2D eigenvalue weighted by Crippen LogP contribution is -2.47. The summed E-state index contributed by atoms with van der Waals surface area (Å²) in [4.78, 5) is 0. The fraction of sp³-hybridized carbons (Fsp3) is 1.00. The Morgan fingerprint density at radius 3 is 2.28 bits per heavy atom. The summed E-state index contributed by atoms with van der Waals surface area (Å²) in [6, 6.07) is 0.161. The molecule has 0 radical (unpaired) electrons. The van der Waals surface area contributed by atoms with Gasteiger partial charge in [-0.3, -0.25) is 0 Å². The van der Waals surface area contributed by atoms with Crippen LogP contribution >= 0.6 is 0 Å². The van der Waals surface area contributed by atoms with Crippen molar-refractivity contribution in [3.05, 3.63) is 0 Å². The SMILES string of the molecule is CCNC1CCCCCCC1S(=O)(=O)C(C)CC. The largest absolute Gasteiger partial charge is 0.313 e. The van der Waals surface area contributed by atoms with Crippen LogP contribution < -0.4 is 5.32 Å². The van der Waals surface area contributed by atoms with Crippen LogP contribution in [-0.4, -0.2) is 31.5 Å². The van der Waals surface area contributed by atoms with Crippen molar-refractivity contribution < 1.29 is 8.42 Å². The molecule has 0 aromatic rings. The van der Waals surface area contributed by atoms with E-state index in [1.807, 2.05) is 13.8 Å². The van der Waals surface area contributed by atoms with E-state index in [2.05, 4.69) is 12.2 Å². The van der Waals surface area contributed by atoms with Crippen LogP contribution in [0.5, 0.6) is 0 Å². The Kier molecular flexibility index (Phi) is 6.64. The molecule has 0 aromatic carbocycles. The zero-order valence-corrected chi connectivity index (χ0v) is 12.9. The molecule has 1 N–H and O–H groups in total. The van der Waals surface area contributed by atoms with Gasteiger partial charge in [0.25, 0.3) is 0 Å². The van der Waals surface area contributed by atoms with Crippen molar-refractivity contribution in [3.8, 4) is 0 Å². The first-order chi connectivity index (χ1) is 8.54. The second kappa shape index (κ2) is 7.49. The number of hydrogen-bond donors (Lipinski definition) is 1. The molecule has 1 aliphatic rings. The average Bonchev–Trinajstić information content (AvgIpc) is 2.31. The van der Waals surface area contributed by atoms with Crippen LogP contribution in [0.1, 0.15) is 65.7 Å². The molecule has 0 spiro atoms. The average molecular weight is 275 g/mol. The highest BCUT2D eigenvalue weighted by Crippen LogP contribution is 2.26. The van der Waals surface area contributed by atoms with Crippen molar-refractivity contribution in [2.75, 3.05) is 6.54 Å². The third-order valence-corrected chi connectivity index (χ3v) is 7.09. The number of nitrogens with one attached hydrogen (secondary N) is 1. The normalized spacial score (nSPS) is 28.4. The van der Waals surface area contributed by atoms with Gasteiger partial charge >= 0.3 is 0 Å². The zero-order valence-electron chi connectivity index (χ0n) is 12.1. The van der Waals surface area contributed by atoms with Gasteiger partial charge in [0, 0.05) is 6.04 Å². The van der Waals surface area contributed by atoms with E-state index >= 15 is 0 Å². The Balaban J connectivity index is 2.89. The fourth-order valence-electron chi connectivity index (χ4n) is 2.87. The van der Waals surface area contributed by atoms with E-state index in [-0.39, 0.29) is 16.5 Å². The standard InChI is InChI=1S/C14H29NO2S/c1-4-12(3)18(16,17)14-11-9-7-6-8-10-13(14)15-5-2/h12-15H,4-11H2,1-3H3. The van der Waals surface area contributed by atoms with Crippen LogP contribution in [0.4, 0.5) is 0 Å². The van der Waals surface area contributed by atoms with Gasteiger partial charge in [-0.05, 0) is 32.7 Å². The smallest absolute Gasteiger partial charge is 0.157 e. The maximum absolute atomic E-state index is 12.6. The maximum Gasteiger partial charge on any atom is 0.157 e. The molecule has 3 unspecified atom stereocenters. The van der Waals surface area contributed by atoms with Crippen LogP contribution in [0.2, 0.25) is 0 Å². The quantitative estimate of drug-likeness (QED) is 0.839. The lowest BCUT2D eigenvalue weighted by molar-refractivity contribution is 0.390. The van der Waals surface area contributed by atoms with E-state index < -0.39 is 9.84 Å².